The van der Waals surface area contributed by atoms with Crippen molar-refractivity contribution in [2.45, 2.75) is 6.92 Å². The maximum absolute atomic E-state index is 5.87. The van der Waals surface area contributed by atoms with Gasteiger partial charge in [-0.15, -0.1) is 0 Å². The number of methoxy groups -OCH3 is 1. The number of halogens is 1. The number of hydrogen-bond acceptors (Lipinski definition) is 1. The zero-order valence-electron chi connectivity index (χ0n) is 9.33. The van der Waals surface area contributed by atoms with Gasteiger partial charge in [0.2, 0.25) is 0 Å². The second kappa shape index (κ2) is 4.58. The maximum atomic E-state index is 5.87. The largest absolute Gasteiger partial charge is 0.496 e. The van der Waals surface area contributed by atoms with E-state index in [1.54, 1.807) is 7.11 Å². The van der Waals surface area contributed by atoms with E-state index in [9.17, 15) is 0 Å². The smallest absolute Gasteiger partial charge is 0.126 e. The van der Waals surface area contributed by atoms with Crippen LogP contribution in [0.2, 0.25) is 5.02 Å². The molecule has 0 fully saturated rings. The van der Waals surface area contributed by atoms with E-state index in [1.165, 1.54) is 5.56 Å². The van der Waals surface area contributed by atoms with Crippen LogP contribution in [-0.2, 0) is 0 Å². The summed E-state index contributed by atoms with van der Waals surface area (Å²) in [6.07, 6.45) is 0. The van der Waals surface area contributed by atoms with Crippen molar-refractivity contribution in [2.24, 2.45) is 0 Å². The summed E-state index contributed by atoms with van der Waals surface area (Å²) in [5.74, 6) is 0.882. The summed E-state index contributed by atoms with van der Waals surface area (Å²) in [7, 11) is 1.68. The van der Waals surface area contributed by atoms with Gasteiger partial charge >= 0.3 is 0 Å². The maximum Gasteiger partial charge on any atom is 0.126 e. The molecule has 0 saturated heterocycles. The minimum Gasteiger partial charge on any atom is -0.496 e. The summed E-state index contributed by atoms with van der Waals surface area (Å²) in [5, 5.41) is 0.746. The van der Waals surface area contributed by atoms with E-state index < -0.39 is 0 Å². The molecule has 0 atom stereocenters. The Labute approximate surface area is 101 Å². The molecule has 0 spiro atoms. The quantitative estimate of drug-likeness (QED) is 0.749. The molecule has 2 rings (SSSR count). The fraction of sp³-hybridized carbons (Fsp3) is 0.143. The van der Waals surface area contributed by atoms with Gasteiger partial charge in [0.15, 0.2) is 0 Å². The lowest BCUT2D eigenvalue weighted by molar-refractivity contribution is 0.416. The summed E-state index contributed by atoms with van der Waals surface area (Å²) in [4.78, 5) is 0. The number of benzene rings is 2. The highest BCUT2D eigenvalue weighted by Gasteiger charge is 2.05. The molecule has 16 heavy (non-hydrogen) atoms. The molecule has 1 nitrogen and oxygen atoms in total. The Morgan fingerprint density at radius 3 is 2.31 bits per heavy atom. The molecular weight excluding hydrogens is 220 g/mol. The molecule has 0 aromatic heterocycles. The van der Waals surface area contributed by atoms with E-state index in [4.69, 9.17) is 16.3 Å². The predicted molar refractivity (Wildman–Crippen MR) is 68.2 cm³/mol. The van der Waals surface area contributed by atoms with Gasteiger partial charge in [-0.05, 0) is 36.8 Å². The molecule has 2 aromatic rings. The van der Waals surface area contributed by atoms with E-state index >= 15 is 0 Å². The Hall–Kier alpha value is -1.47. The highest BCUT2D eigenvalue weighted by molar-refractivity contribution is 6.30. The van der Waals surface area contributed by atoms with E-state index in [2.05, 4.69) is 13.0 Å². The molecule has 2 aromatic carbocycles. The van der Waals surface area contributed by atoms with Crippen molar-refractivity contribution < 1.29 is 4.74 Å². The van der Waals surface area contributed by atoms with Crippen LogP contribution in [0.5, 0.6) is 5.75 Å². The average Bonchev–Trinajstić information content (AvgIpc) is 2.30. The first-order valence-electron chi connectivity index (χ1n) is 5.11. The molecule has 0 aliphatic rings. The van der Waals surface area contributed by atoms with Crippen LogP contribution in [0.25, 0.3) is 11.1 Å². The van der Waals surface area contributed by atoms with Crippen LogP contribution in [-0.4, -0.2) is 7.11 Å². The van der Waals surface area contributed by atoms with Gasteiger partial charge < -0.3 is 4.74 Å². The summed E-state index contributed by atoms with van der Waals surface area (Å²) in [6, 6.07) is 13.9. The first-order chi connectivity index (χ1) is 7.70. The van der Waals surface area contributed by atoms with Gasteiger partial charge in [0.25, 0.3) is 0 Å². The van der Waals surface area contributed by atoms with Gasteiger partial charge in [-0.25, -0.2) is 0 Å². The van der Waals surface area contributed by atoms with Gasteiger partial charge in [-0.1, -0.05) is 35.4 Å². The van der Waals surface area contributed by atoms with Crippen LogP contribution < -0.4 is 4.74 Å². The first-order valence-corrected chi connectivity index (χ1v) is 5.49. The number of ether oxygens (including phenoxy) is 1. The highest BCUT2D eigenvalue weighted by Crippen LogP contribution is 2.31. The van der Waals surface area contributed by atoms with Crippen molar-refractivity contribution in [2.75, 3.05) is 7.11 Å². The highest BCUT2D eigenvalue weighted by atomic mass is 35.5. The van der Waals surface area contributed by atoms with Gasteiger partial charge in [-0.2, -0.15) is 0 Å². The Kier molecular flexibility index (Phi) is 3.16. The molecule has 0 amide bonds. The van der Waals surface area contributed by atoms with Crippen molar-refractivity contribution in [1.82, 2.24) is 0 Å². The van der Waals surface area contributed by atoms with Crippen LogP contribution in [0.4, 0.5) is 0 Å². The second-order valence-electron chi connectivity index (χ2n) is 3.71. The normalized spacial score (nSPS) is 10.2. The zero-order chi connectivity index (χ0) is 11.5. The van der Waals surface area contributed by atoms with Crippen LogP contribution in [0.15, 0.2) is 42.5 Å². The van der Waals surface area contributed by atoms with Gasteiger partial charge in [0.1, 0.15) is 5.75 Å². The van der Waals surface area contributed by atoms with Crippen LogP contribution >= 0.6 is 11.6 Å². The van der Waals surface area contributed by atoms with Gasteiger partial charge in [0.05, 0.1) is 7.11 Å². The molecule has 2 heteroatoms. The number of hydrogen-bond donors (Lipinski definition) is 0. The van der Waals surface area contributed by atoms with Crippen LogP contribution in [0.3, 0.4) is 0 Å². The van der Waals surface area contributed by atoms with Crippen molar-refractivity contribution in [3.8, 4) is 16.9 Å². The minimum absolute atomic E-state index is 0.746. The molecular formula is C14H13ClO. The van der Waals surface area contributed by atoms with E-state index in [0.29, 0.717) is 0 Å². The molecule has 0 saturated carbocycles. The van der Waals surface area contributed by atoms with Crippen LogP contribution in [0.1, 0.15) is 5.56 Å². The number of aryl methyl sites for hydroxylation is 1. The Morgan fingerprint density at radius 1 is 1.00 bits per heavy atom. The molecule has 0 aliphatic carbocycles. The topological polar surface area (TPSA) is 9.23 Å². The van der Waals surface area contributed by atoms with Crippen molar-refractivity contribution >= 4 is 11.6 Å². The third-order valence-corrected chi connectivity index (χ3v) is 2.76. The molecule has 0 N–H and O–H groups in total. The lowest BCUT2D eigenvalue weighted by Crippen LogP contribution is -1.88. The van der Waals surface area contributed by atoms with Gasteiger partial charge in [0, 0.05) is 10.6 Å². The summed E-state index contributed by atoms with van der Waals surface area (Å²) in [6.45, 7) is 2.07. The van der Waals surface area contributed by atoms with Crippen LogP contribution in [0, 0.1) is 6.92 Å². The predicted octanol–water partition coefficient (Wildman–Crippen LogP) is 4.32. The summed E-state index contributed by atoms with van der Waals surface area (Å²) < 4.78 is 5.35. The summed E-state index contributed by atoms with van der Waals surface area (Å²) >= 11 is 5.87. The fourth-order valence-electron chi connectivity index (χ4n) is 1.68. The SMILES string of the molecule is COc1ccc(C)cc1-c1ccc(Cl)cc1. The third-order valence-electron chi connectivity index (χ3n) is 2.51. The molecule has 0 heterocycles. The van der Waals surface area contributed by atoms with Crippen molar-refractivity contribution in [1.29, 1.82) is 0 Å². The molecule has 0 bridgehead atoms. The van der Waals surface area contributed by atoms with Crippen molar-refractivity contribution in [3.63, 3.8) is 0 Å². The lowest BCUT2D eigenvalue weighted by Gasteiger charge is -2.09. The lowest BCUT2D eigenvalue weighted by atomic mass is 10.0. The zero-order valence-corrected chi connectivity index (χ0v) is 10.1. The molecule has 0 unspecified atom stereocenters. The fourth-order valence-corrected chi connectivity index (χ4v) is 1.80. The number of rotatable bonds is 2. The standard InChI is InChI=1S/C14H13ClO/c1-10-3-8-14(16-2)13(9-10)11-4-6-12(15)7-5-11/h3-9H,1-2H3. The Balaban J connectivity index is 2.53. The second-order valence-corrected chi connectivity index (χ2v) is 4.15. The Bertz CT molecular complexity index is 489. The summed E-state index contributed by atoms with van der Waals surface area (Å²) in [5.41, 5.74) is 3.43. The molecule has 0 radical (unpaired) electrons. The molecule has 82 valence electrons. The van der Waals surface area contributed by atoms with E-state index in [0.717, 1.165) is 21.9 Å². The average molecular weight is 233 g/mol. The third kappa shape index (κ3) is 2.20. The molecule has 0 aliphatic heterocycles. The minimum atomic E-state index is 0.746. The monoisotopic (exact) mass is 232 g/mol. The van der Waals surface area contributed by atoms with E-state index in [-0.39, 0.29) is 0 Å². The first kappa shape index (κ1) is 11.0. The Morgan fingerprint density at radius 2 is 1.69 bits per heavy atom. The van der Waals surface area contributed by atoms with Gasteiger partial charge in [-0.3, -0.25) is 0 Å². The van der Waals surface area contributed by atoms with Crippen molar-refractivity contribution in [3.05, 3.63) is 53.1 Å². The van der Waals surface area contributed by atoms with E-state index in [1.807, 2.05) is 36.4 Å².